The molecule has 0 saturated heterocycles. The fraction of sp³-hybridized carbons (Fsp3) is 0.462. The van der Waals surface area contributed by atoms with E-state index >= 15 is 0 Å². The number of hydrogen-bond donors (Lipinski definition) is 1. The predicted octanol–water partition coefficient (Wildman–Crippen LogP) is 4.50. The van der Waals surface area contributed by atoms with Gasteiger partial charge in [0.25, 0.3) is 5.91 Å². The van der Waals surface area contributed by atoms with Crippen molar-refractivity contribution in [3.63, 3.8) is 0 Å². The summed E-state index contributed by atoms with van der Waals surface area (Å²) >= 11 is 6.71. The smallest absolute Gasteiger partial charge is 0.261 e. The van der Waals surface area contributed by atoms with Crippen molar-refractivity contribution in [3.05, 3.63) is 22.4 Å². The molecule has 1 amide bonds. The molecule has 2 rings (SSSR count). The summed E-state index contributed by atoms with van der Waals surface area (Å²) < 4.78 is 2.40. The Hall–Kier alpha value is -0.390. The van der Waals surface area contributed by atoms with Gasteiger partial charge in [-0.25, -0.2) is 0 Å². The molecular weight excluding hydrogens is 330 g/mol. The lowest BCUT2D eigenvalue weighted by atomic mass is 10.1. The predicted molar refractivity (Wildman–Crippen MR) is 84.2 cm³/mol. The van der Waals surface area contributed by atoms with E-state index in [9.17, 15) is 4.79 Å². The lowest BCUT2D eigenvalue weighted by molar-refractivity contribution is 0.0941. The van der Waals surface area contributed by atoms with Gasteiger partial charge in [0.05, 0.1) is 4.88 Å². The van der Waals surface area contributed by atoms with E-state index in [0.717, 1.165) is 16.6 Å². The number of amides is 1. The third kappa shape index (κ3) is 3.33. The molecule has 0 aromatic carbocycles. The van der Waals surface area contributed by atoms with Gasteiger partial charge in [0.1, 0.15) is 0 Å². The summed E-state index contributed by atoms with van der Waals surface area (Å²) in [6.45, 7) is 4.34. The second-order valence-corrected chi connectivity index (χ2v) is 7.39. The fourth-order valence-electron chi connectivity index (χ4n) is 1.86. The molecule has 5 heteroatoms. The molecule has 2 heterocycles. The first-order valence-corrected chi connectivity index (χ1v) is 8.75. The third-order valence-corrected chi connectivity index (χ3v) is 5.51. The molecule has 1 N–H and O–H groups in total. The monoisotopic (exact) mass is 345 g/mol. The number of fused-ring (bicyclic) bond motifs is 1. The van der Waals surface area contributed by atoms with Crippen LogP contribution in [0, 0.1) is 5.92 Å². The van der Waals surface area contributed by atoms with Crippen molar-refractivity contribution in [1.29, 1.82) is 0 Å². The zero-order valence-electron chi connectivity index (χ0n) is 10.4. The zero-order valence-corrected chi connectivity index (χ0v) is 13.6. The molecule has 0 spiro atoms. The van der Waals surface area contributed by atoms with Gasteiger partial charge in [0.2, 0.25) is 0 Å². The third-order valence-electron chi connectivity index (χ3n) is 2.64. The second-order valence-electron chi connectivity index (χ2n) is 4.71. The van der Waals surface area contributed by atoms with Crippen LogP contribution in [0.1, 0.15) is 29.9 Å². The minimum atomic E-state index is 0.0495. The van der Waals surface area contributed by atoms with E-state index in [1.165, 1.54) is 9.40 Å². The number of carbonyl (C=O) groups excluding carboxylic acids is 1. The number of halogens is 1. The van der Waals surface area contributed by atoms with E-state index in [0.29, 0.717) is 5.92 Å². The number of alkyl halides is 1. The van der Waals surface area contributed by atoms with Gasteiger partial charge >= 0.3 is 0 Å². The first-order valence-electron chi connectivity index (χ1n) is 5.94. The number of thiophene rings is 2. The summed E-state index contributed by atoms with van der Waals surface area (Å²) in [6.07, 6.45) is 0.997. The van der Waals surface area contributed by atoms with Crippen molar-refractivity contribution in [2.75, 3.05) is 5.33 Å². The van der Waals surface area contributed by atoms with E-state index in [2.05, 4.69) is 46.5 Å². The van der Waals surface area contributed by atoms with Crippen molar-refractivity contribution < 1.29 is 4.79 Å². The molecule has 0 fully saturated rings. The standard InChI is InChI=1S/C13H16BrNOS2/c1-8(2)5-9(7-14)15-13(16)12-6-11-10(18-12)3-4-17-11/h3-4,6,8-9H,5,7H2,1-2H3,(H,15,16). The normalized spacial score (nSPS) is 13.1. The van der Waals surface area contributed by atoms with Gasteiger partial charge in [0.15, 0.2) is 0 Å². The lowest BCUT2D eigenvalue weighted by Gasteiger charge is -2.17. The number of nitrogens with one attached hydrogen (secondary N) is 1. The molecule has 1 unspecified atom stereocenters. The topological polar surface area (TPSA) is 29.1 Å². The van der Waals surface area contributed by atoms with Gasteiger partial charge in [-0.1, -0.05) is 29.8 Å². The Morgan fingerprint density at radius 2 is 2.22 bits per heavy atom. The minimum absolute atomic E-state index is 0.0495. The number of rotatable bonds is 5. The Morgan fingerprint density at radius 1 is 1.44 bits per heavy atom. The highest BCUT2D eigenvalue weighted by Crippen LogP contribution is 2.29. The second kappa shape index (κ2) is 6.17. The summed E-state index contributed by atoms with van der Waals surface area (Å²) in [5.74, 6) is 0.633. The fourth-order valence-corrected chi connectivity index (χ4v) is 4.30. The van der Waals surface area contributed by atoms with Gasteiger partial charge < -0.3 is 5.32 Å². The van der Waals surface area contributed by atoms with Crippen LogP contribution < -0.4 is 5.32 Å². The molecular formula is C13H16BrNOS2. The van der Waals surface area contributed by atoms with Crippen molar-refractivity contribution in [2.24, 2.45) is 5.92 Å². The Morgan fingerprint density at radius 3 is 2.83 bits per heavy atom. The Bertz CT molecular complexity index is 503. The maximum absolute atomic E-state index is 12.1. The highest BCUT2D eigenvalue weighted by atomic mass is 79.9. The Labute approximate surface area is 124 Å². The molecule has 0 radical (unpaired) electrons. The summed E-state index contributed by atoms with van der Waals surface area (Å²) in [4.78, 5) is 13.0. The Balaban J connectivity index is 2.04. The molecule has 0 saturated carbocycles. The van der Waals surface area contributed by atoms with E-state index in [1.807, 2.05) is 6.07 Å². The molecule has 0 aliphatic heterocycles. The van der Waals surface area contributed by atoms with Crippen LogP contribution in [0.2, 0.25) is 0 Å². The first kappa shape index (κ1) is 14.0. The van der Waals surface area contributed by atoms with E-state index in [1.54, 1.807) is 22.7 Å². The summed E-state index contributed by atoms with van der Waals surface area (Å²) in [5.41, 5.74) is 0. The van der Waals surface area contributed by atoms with Crippen LogP contribution in [-0.2, 0) is 0 Å². The Kier molecular flexibility index (Phi) is 4.81. The lowest BCUT2D eigenvalue weighted by Crippen LogP contribution is -2.36. The highest BCUT2D eigenvalue weighted by molar-refractivity contribution is 9.09. The van der Waals surface area contributed by atoms with Gasteiger partial charge in [0, 0.05) is 20.8 Å². The SMILES string of the molecule is CC(C)CC(CBr)NC(=O)c1cc2sccc2s1. The molecule has 2 aromatic rings. The number of carbonyl (C=O) groups is 1. The number of hydrogen-bond acceptors (Lipinski definition) is 3. The molecule has 98 valence electrons. The maximum atomic E-state index is 12.1. The quantitative estimate of drug-likeness (QED) is 0.794. The van der Waals surface area contributed by atoms with Gasteiger partial charge in [-0.2, -0.15) is 0 Å². The molecule has 18 heavy (non-hydrogen) atoms. The van der Waals surface area contributed by atoms with Crippen LogP contribution in [0.15, 0.2) is 17.5 Å². The summed E-state index contributed by atoms with van der Waals surface area (Å²) in [7, 11) is 0. The zero-order chi connectivity index (χ0) is 13.1. The van der Waals surface area contributed by atoms with Crippen LogP contribution in [0.5, 0.6) is 0 Å². The molecule has 0 aliphatic carbocycles. The first-order chi connectivity index (χ1) is 8.60. The highest BCUT2D eigenvalue weighted by Gasteiger charge is 2.16. The van der Waals surface area contributed by atoms with Gasteiger partial charge in [-0.15, -0.1) is 22.7 Å². The molecule has 1 atom stereocenters. The summed E-state index contributed by atoms with van der Waals surface area (Å²) in [6, 6.07) is 4.26. The van der Waals surface area contributed by atoms with Crippen molar-refractivity contribution in [1.82, 2.24) is 5.32 Å². The molecule has 0 aliphatic rings. The van der Waals surface area contributed by atoms with Crippen LogP contribution in [0.3, 0.4) is 0 Å². The van der Waals surface area contributed by atoms with Crippen LogP contribution in [0.4, 0.5) is 0 Å². The van der Waals surface area contributed by atoms with Crippen LogP contribution in [-0.4, -0.2) is 17.3 Å². The molecule has 2 aromatic heterocycles. The average molecular weight is 346 g/mol. The van der Waals surface area contributed by atoms with Gasteiger partial charge in [-0.3, -0.25) is 4.79 Å². The molecule has 0 bridgehead atoms. The molecule has 2 nitrogen and oxygen atoms in total. The van der Waals surface area contributed by atoms with E-state index in [4.69, 9.17) is 0 Å². The van der Waals surface area contributed by atoms with Crippen molar-refractivity contribution >= 4 is 53.9 Å². The van der Waals surface area contributed by atoms with E-state index in [-0.39, 0.29) is 11.9 Å². The van der Waals surface area contributed by atoms with Crippen LogP contribution >= 0.6 is 38.6 Å². The van der Waals surface area contributed by atoms with Crippen molar-refractivity contribution in [2.45, 2.75) is 26.3 Å². The van der Waals surface area contributed by atoms with Crippen molar-refractivity contribution in [3.8, 4) is 0 Å². The minimum Gasteiger partial charge on any atom is -0.348 e. The van der Waals surface area contributed by atoms with Gasteiger partial charge in [-0.05, 0) is 29.9 Å². The van der Waals surface area contributed by atoms with E-state index < -0.39 is 0 Å². The summed E-state index contributed by atoms with van der Waals surface area (Å²) in [5, 5.41) is 5.95. The maximum Gasteiger partial charge on any atom is 0.261 e. The average Bonchev–Trinajstić information content (AvgIpc) is 2.87. The van der Waals surface area contributed by atoms with Crippen LogP contribution in [0.25, 0.3) is 9.40 Å². The largest absolute Gasteiger partial charge is 0.348 e.